The van der Waals surface area contributed by atoms with Gasteiger partial charge in [0, 0.05) is 18.8 Å². The van der Waals surface area contributed by atoms with Crippen LogP contribution in [0.1, 0.15) is 23.0 Å². The summed E-state index contributed by atoms with van der Waals surface area (Å²) < 4.78 is 11.4. The summed E-state index contributed by atoms with van der Waals surface area (Å²) in [5.74, 6) is -0.497. The molecule has 0 aliphatic rings. The van der Waals surface area contributed by atoms with Crippen LogP contribution in [-0.4, -0.2) is 30.7 Å². The number of esters is 1. The van der Waals surface area contributed by atoms with Gasteiger partial charge in [-0.25, -0.2) is 4.79 Å². The van der Waals surface area contributed by atoms with Crippen molar-refractivity contribution in [2.45, 2.75) is 6.92 Å². The number of rotatable bonds is 4. The van der Waals surface area contributed by atoms with E-state index >= 15 is 0 Å². The van der Waals surface area contributed by atoms with E-state index in [1.807, 2.05) is 6.07 Å². The minimum Gasteiger partial charge on any atom is -0.495 e. The van der Waals surface area contributed by atoms with Crippen LogP contribution in [0.2, 0.25) is 0 Å². The number of hydrogen-bond donors (Lipinski definition) is 2. The number of carbonyl (C=O) groups is 2. The second kappa shape index (κ2) is 6.75. The number of carbonyl (C=O) groups excluding carboxylic acids is 2. The van der Waals surface area contributed by atoms with E-state index in [0.29, 0.717) is 17.1 Å². The van der Waals surface area contributed by atoms with Gasteiger partial charge in [0.1, 0.15) is 11.8 Å². The molecule has 0 spiro atoms. The standard InChI is InChI=1S/C16H16N4O4/c1-9(21)19-12-6-11(4-5-13(12)23-2)20-8-10(7-17)14(18)15(20)16(22)24-3/h4-6,8H,18H2,1-3H3,(H,19,21). The molecule has 0 aliphatic carbocycles. The molecular weight excluding hydrogens is 312 g/mol. The molecular formula is C16H16N4O4. The molecule has 0 saturated carbocycles. The quantitative estimate of drug-likeness (QED) is 0.824. The van der Waals surface area contributed by atoms with Gasteiger partial charge in [0.05, 0.1) is 31.2 Å². The number of methoxy groups -OCH3 is 2. The van der Waals surface area contributed by atoms with Gasteiger partial charge in [-0.15, -0.1) is 0 Å². The Morgan fingerprint density at radius 1 is 1.33 bits per heavy atom. The zero-order chi connectivity index (χ0) is 17.9. The van der Waals surface area contributed by atoms with Crippen LogP contribution in [0.4, 0.5) is 11.4 Å². The van der Waals surface area contributed by atoms with Crippen molar-refractivity contribution in [3.63, 3.8) is 0 Å². The third-order valence-electron chi connectivity index (χ3n) is 3.32. The molecule has 1 amide bonds. The van der Waals surface area contributed by atoms with Gasteiger partial charge in [-0.3, -0.25) is 4.79 Å². The fourth-order valence-electron chi connectivity index (χ4n) is 2.25. The molecule has 0 unspecified atom stereocenters. The van der Waals surface area contributed by atoms with E-state index in [9.17, 15) is 9.59 Å². The number of nitrogens with zero attached hydrogens (tertiary/aromatic N) is 2. The Hall–Kier alpha value is -3.47. The average molecular weight is 328 g/mol. The third kappa shape index (κ3) is 3.01. The summed E-state index contributed by atoms with van der Waals surface area (Å²) in [5.41, 5.74) is 7.00. The molecule has 8 nitrogen and oxygen atoms in total. The van der Waals surface area contributed by atoms with E-state index in [0.717, 1.165) is 0 Å². The zero-order valence-electron chi connectivity index (χ0n) is 13.4. The molecule has 1 aromatic carbocycles. The molecule has 0 fully saturated rings. The summed E-state index contributed by atoms with van der Waals surface area (Å²) in [7, 11) is 2.70. The second-order valence-corrected chi connectivity index (χ2v) is 4.84. The Kier molecular flexibility index (Phi) is 4.75. The minimum absolute atomic E-state index is 0.0289. The maximum Gasteiger partial charge on any atom is 0.357 e. The summed E-state index contributed by atoms with van der Waals surface area (Å²) in [6, 6.07) is 6.82. The summed E-state index contributed by atoms with van der Waals surface area (Å²) in [6.45, 7) is 1.37. The highest BCUT2D eigenvalue weighted by Gasteiger charge is 2.22. The van der Waals surface area contributed by atoms with Crippen molar-refractivity contribution >= 4 is 23.3 Å². The minimum atomic E-state index is -0.675. The van der Waals surface area contributed by atoms with Crippen molar-refractivity contribution in [1.29, 1.82) is 5.26 Å². The maximum absolute atomic E-state index is 12.0. The van der Waals surface area contributed by atoms with Crippen molar-refractivity contribution in [1.82, 2.24) is 4.57 Å². The molecule has 24 heavy (non-hydrogen) atoms. The number of benzene rings is 1. The van der Waals surface area contributed by atoms with E-state index in [2.05, 4.69) is 5.32 Å². The average Bonchev–Trinajstić information content (AvgIpc) is 2.90. The molecule has 2 aromatic rings. The summed E-state index contributed by atoms with van der Waals surface area (Å²) >= 11 is 0. The largest absolute Gasteiger partial charge is 0.495 e. The Balaban J connectivity index is 2.66. The van der Waals surface area contributed by atoms with Crippen LogP contribution in [0.3, 0.4) is 0 Å². The normalized spacial score (nSPS) is 9.92. The number of hydrogen-bond acceptors (Lipinski definition) is 6. The first kappa shape index (κ1) is 16.9. The van der Waals surface area contributed by atoms with Gasteiger partial charge in [0.15, 0.2) is 5.69 Å². The fourth-order valence-corrected chi connectivity index (χ4v) is 2.25. The van der Waals surface area contributed by atoms with E-state index in [1.165, 1.54) is 31.9 Å². The maximum atomic E-state index is 12.0. The highest BCUT2D eigenvalue weighted by Crippen LogP contribution is 2.30. The molecule has 0 radical (unpaired) electrons. The SMILES string of the molecule is COC(=O)c1c(N)c(C#N)cn1-c1ccc(OC)c(NC(C)=O)c1. The smallest absolute Gasteiger partial charge is 0.357 e. The summed E-state index contributed by atoms with van der Waals surface area (Å²) in [6.07, 6.45) is 1.43. The van der Waals surface area contributed by atoms with Gasteiger partial charge < -0.3 is 25.1 Å². The van der Waals surface area contributed by atoms with Crippen LogP contribution >= 0.6 is 0 Å². The molecule has 8 heteroatoms. The highest BCUT2D eigenvalue weighted by molar-refractivity contribution is 5.96. The molecule has 2 rings (SSSR count). The molecule has 124 valence electrons. The number of nitriles is 1. The van der Waals surface area contributed by atoms with Crippen LogP contribution < -0.4 is 15.8 Å². The number of nitrogens with two attached hydrogens (primary N) is 1. The first-order chi connectivity index (χ1) is 11.4. The lowest BCUT2D eigenvalue weighted by molar-refractivity contribution is -0.114. The highest BCUT2D eigenvalue weighted by atomic mass is 16.5. The predicted molar refractivity (Wildman–Crippen MR) is 87.1 cm³/mol. The fraction of sp³-hybridized carbons (Fsp3) is 0.188. The van der Waals surface area contributed by atoms with Crippen LogP contribution in [0.5, 0.6) is 5.75 Å². The molecule has 0 saturated heterocycles. The third-order valence-corrected chi connectivity index (χ3v) is 3.32. The molecule has 0 atom stereocenters. The van der Waals surface area contributed by atoms with Gasteiger partial charge >= 0.3 is 5.97 Å². The summed E-state index contributed by atoms with van der Waals surface area (Å²) in [5, 5.41) is 11.8. The lowest BCUT2D eigenvalue weighted by atomic mass is 10.2. The number of anilines is 2. The van der Waals surface area contributed by atoms with Gasteiger partial charge in [-0.2, -0.15) is 5.26 Å². The predicted octanol–water partition coefficient (Wildman–Crippen LogP) is 1.68. The Morgan fingerprint density at radius 2 is 2.04 bits per heavy atom. The van der Waals surface area contributed by atoms with Crippen molar-refractivity contribution in [2.24, 2.45) is 0 Å². The van der Waals surface area contributed by atoms with E-state index in [-0.39, 0.29) is 22.9 Å². The monoisotopic (exact) mass is 328 g/mol. The van der Waals surface area contributed by atoms with Crippen molar-refractivity contribution in [3.05, 3.63) is 35.7 Å². The van der Waals surface area contributed by atoms with Crippen molar-refractivity contribution in [3.8, 4) is 17.5 Å². The van der Waals surface area contributed by atoms with Crippen molar-refractivity contribution in [2.75, 3.05) is 25.3 Å². The Morgan fingerprint density at radius 3 is 2.58 bits per heavy atom. The van der Waals surface area contributed by atoms with E-state index in [1.54, 1.807) is 18.2 Å². The van der Waals surface area contributed by atoms with Crippen LogP contribution in [0, 0.1) is 11.3 Å². The number of amides is 1. The Labute approximate surface area is 138 Å². The van der Waals surface area contributed by atoms with Gasteiger partial charge in [0.2, 0.25) is 5.91 Å². The van der Waals surface area contributed by atoms with E-state index in [4.69, 9.17) is 20.5 Å². The molecule has 1 aromatic heterocycles. The Bertz CT molecular complexity index is 848. The lowest BCUT2D eigenvalue weighted by Gasteiger charge is -2.13. The number of nitrogen functional groups attached to an aromatic ring is 1. The van der Waals surface area contributed by atoms with Crippen LogP contribution in [0.15, 0.2) is 24.4 Å². The molecule has 1 heterocycles. The van der Waals surface area contributed by atoms with Gasteiger partial charge in [-0.05, 0) is 18.2 Å². The first-order valence-corrected chi connectivity index (χ1v) is 6.88. The number of ether oxygens (including phenoxy) is 2. The lowest BCUT2D eigenvalue weighted by Crippen LogP contribution is -2.12. The number of nitrogens with one attached hydrogen (secondary N) is 1. The number of aromatic nitrogens is 1. The topological polar surface area (TPSA) is 119 Å². The molecule has 3 N–H and O–H groups in total. The van der Waals surface area contributed by atoms with Gasteiger partial charge in [0.25, 0.3) is 0 Å². The molecule has 0 bridgehead atoms. The second-order valence-electron chi connectivity index (χ2n) is 4.84. The van der Waals surface area contributed by atoms with Crippen molar-refractivity contribution < 1.29 is 19.1 Å². The van der Waals surface area contributed by atoms with Crippen LogP contribution in [0.25, 0.3) is 5.69 Å². The van der Waals surface area contributed by atoms with Crippen LogP contribution in [-0.2, 0) is 9.53 Å². The van der Waals surface area contributed by atoms with Gasteiger partial charge in [-0.1, -0.05) is 0 Å². The van der Waals surface area contributed by atoms with E-state index < -0.39 is 5.97 Å². The molecule has 0 aliphatic heterocycles. The first-order valence-electron chi connectivity index (χ1n) is 6.88. The zero-order valence-corrected chi connectivity index (χ0v) is 13.4. The summed E-state index contributed by atoms with van der Waals surface area (Å²) in [4.78, 5) is 23.4.